The number of rotatable bonds is 4. The number of carbonyl (C=O) groups is 1. The molecule has 7 N–H and O–H groups in total. The van der Waals surface area contributed by atoms with Gasteiger partial charge >= 0.3 is 5.97 Å². The minimum atomic E-state index is -1.99. The quantitative estimate of drug-likeness (QED) is 0.270. The first-order valence-corrected chi connectivity index (χ1v) is 9.49. The molecule has 3 aromatic rings. The predicted molar refractivity (Wildman–Crippen MR) is 108 cm³/mol. The Bertz CT molecular complexity index is 1260. The molecule has 0 unspecified atom stereocenters. The van der Waals surface area contributed by atoms with Crippen molar-refractivity contribution >= 4 is 16.9 Å². The second kappa shape index (κ2) is 8.26. The Kier molecular flexibility index (Phi) is 5.59. The molecule has 2 heterocycles. The summed E-state index contributed by atoms with van der Waals surface area (Å²) in [4.78, 5) is 24.6. The number of benzene rings is 2. The summed E-state index contributed by atoms with van der Waals surface area (Å²) in [5.41, 5.74) is -1.01. The van der Waals surface area contributed by atoms with E-state index in [1.807, 2.05) is 0 Å². The molecule has 1 aromatic heterocycles. The second-order valence-corrected chi connectivity index (χ2v) is 7.33. The SMILES string of the molecule is O=C(O)[C@@H]1O[C@@H](Oc2c(-c3ccc(O)cc3)oc3cc(O)cc(O)c3c2=O)[C@@H](O)[C@@H](O)[C@H]1O. The van der Waals surface area contributed by atoms with Gasteiger partial charge in [-0.05, 0) is 24.3 Å². The number of carboxylic acid groups (broad SMARTS) is 1. The third kappa shape index (κ3) is 3.91. The van der Waals surface area contributed by atoms with Gasteiger partial charge in [-0.25, -0.2) is 4.79 Å². The molecule has 0 amide bonds. The Morgan fingerprint density at radius 2 is 1.58 bits per heavy atom. The van der Waals surface area contributed by atoms with Gasteiger partial charge in [0.15, 0.2) is 11.9 Å². The molecule has 1 fully saturated rings. The fraction of sp³-hybridized carbons (Fsp3) is 0.238. The summed E-state index contributed by atoms with van der Waals surface area (Å²) in [5.74, 6) is -3.72. The van der Waals surface area contributed by atoms with Crippen molar-refractivity contribution in [2.75, 3.05) is 0 Å². The smallest absolute Gasteiger partial charge is 0.335 e. The summed E-state index contributed by atoms with van der Waals surface area (Å²) in [5, 5.41) is 68.4. The summed E-state index contributed by atoms with van der Waals surface area (Å²) in [7, 11) is 0. The summed E-state index contributed by atoms with van der Waals surface area (Å²) in [6, 6.07) is 7.20. The molecule has 5 atom stereocenters. The van der Waals surface area contributed by atoms with Gasteiger partial charge in [0.05, 0.1) is 0 Å². The van der Waals surface area contributed by atoms with Crippen molar-refractivity contribution in [2.24, 2.45) is 0 Å². The van der Waals surface area contributed by atoms with Crippen LogP contribution in [0.15, 0.2) is 45.6 Å². The number of fused-ring (bicyclic) bond motifs is 1. The second-order valence-electron chi connectivity index (χ2n) is 7.33. The zero-order chi connectivity index (χ0) is 24.0. The number of phenols is 3. The van der Waals surface area contributed by atoms with Crippen LogP contribution in [0.3, 0.4) is 0 Å². The van der Waals surface area contributed by atoms with Crippen molar-refractivity contribution in [3.05, 3.63) is 46.6 Å². The van der Waals surface area contributed by atoms with Crippen LogP contribution in [-0.4, -0.2) is 72.4 Å². The van der Waals surface area contributed by atoms with Gasteiger partial charge in [-0.15, -0.1) is 0 Å². The van der Waals surface area contributed by atoms with Crippen LogP contribution in [0.4, 0.5) is 0 Å². The molecule has 1 saturated heterocycles. The lowest BCUT2D eigenvalue weighted by atomic mass is 9.99. The van der Waals surface area contributed by atoms with Crippen LogP contribution < -0.4 is 10.2 Å². The molecule has 33 heavy (non-hydrogen) atoms. The lowest BCUT2D eigenvalue weighted by molar-refractivity contribution is -0.271. The number of carboxylic acids is 1. The highest BCUT2D eigenvalue weighted by Crippen LogP contribution is 2.37. The van der Waals surface area contributed by atoms with Gasteiger partial charge in [-0.1, -0.05) is 0 Å². The van der Waals surface area contributed by atoms with E-state index in [4.69, 9.17) is 13.9 Å². The average molecular weight is 462 g/mol. The summed E-state index contributed by atoms with van der Waals surface area (Å²) in [6.45, 7) is 0. The van der Waals surface area contributed by atoms with Gasteiger partial charge in [-0.2, -0.15) is 0 Å². The molecule has 4 rings (SSSR count). The molecule has 0 bridgehead atoms. The van der Waals surface area contributed by atoms with Crippen molar-refractivity contribution in [1.29, 1.82) is 0 Å². The van der Waals surface area contributed by atoms with E-state index < -0.39 is 64.7 Å². The van der Waals surface area contributed by atoms with E-state index in [1.54, 1.807) is 0 Å². The van der Waals surface area contributed by atoms with Crippen LogP contribution in [0.1, 0.15) is 0 Å². The van der Waals surface area contributed by atoms with Crippen LogP contribution in [0.5, 0.6) is 23.0 Å². The molecule has 174 valence electrons. The molecule has 1 aliphatic rings. The number of ether oxygens (including phenoxy) is 2. The van der Waals surface area contributed by atoms with E-state index in [0.29, 0.717) is 0 Å². The Balaban J connectivity index is 1.89. The number of aliphatic carboxylic acids is 1. The van der Waals surface area contributed by atoms with Crippen molar-refractivity contribution in [3.63, 3.8) is 0 Å². The van der Waals surface area contributed by atoms with Crippen molar-refractivity contribution in [2.45, 2.75) is 30.7 Å². The molecule has 0 radical (unpaired) electrons. The van der Waals surface area contributed by atoms with E-state index in [2.05, 4.69) is 0 Å². The highest BCUT2D eigenvalue weighted by molar-refractivity contribution is 5.88. The normalized spacial score (nSPS) is 25.1. The molecule has 0 spiro atoms. The molecule has 1 aliphatic heterocycles. The lowest BCUT2D eigenvalue weighted by Gasteiger charge is -2.38. The minimum Gasteiger partial charge on any atom is -0.508 e. The summed E-state index contributed by atoms with van der Waals surface area (Å²) >= 11 is 0. The van der Waals surface area contributed by atoms with Crippen LogP contribution in [0.2, 0.25) is 0 Å². The Morgan fingerprint density at radius 3 is 2.21 bits per heavy atom. The maximum absolute atomic E-state index is 13.2. The number of hydrogen-bond acceptors (Lipinski definition) is 11. The van der Waals surface area contributed by atoms with E-state index in [-0.39, 0.29) is 22.7 Å². The largest absolute Gasteiger partial charge is 0.508 e. The molecule has 0 saturated carbocycles. The molecule has 12 heteroatoms. The first-order valence-electron chi connectivity index (χ1n) is 9.49. The van der Waals surface area contributed by atoms with Crippen LogP contribution in [0, 0.1) is 0 Å². The Morgan fingerprint density at radius 1 is 0.909 bits per heavy atom. The Labute approximate surface area is 183 Å². The monoisotopic (exact) mass is 462 g/mol. The number of aliphatic hydroxyl groups excluding tert-OH is 3. The summed E-state index contributed by atoms with van der Waals surface area (Å²) < 4.78 is 16.2. The van der Waals surface area contributed by atoms with Crippen LogP contribution in [-0.2, 0) is 9.53 Å². The van der Waals surface area contributed by atoms with Crippen molar-refractivity contribution in [1.82, 2.24) is 0 Å². The zero-order valence-electron chi connectivity index (χ0n) is 16.5. The maximum atomic E-state index is 13.2. The first-order chi connectivity index (χ1) is 15.6. The fourth-order valence-electron chi connectivity index (χ4n) is 3.44. The number of hydrogen-bond donors (Lipinski definition) is 7. The minimum absolute atomic E-state index is 0.105. The van der Waals surface area contributed by atoms with Crippen molar-refractivity contribution in [3.8, 4) is 34.3 Å². The summed E-state index contributed by atoms with van der Waals surface area (Å²) in [6.07, 6.45) is -9.84. The zero-order valence-corrected chi connectivity index (χ0v) is 16.5. The van der Waals surface area contributed by atoms with Gasteiger partial charge in [-0.3, -0.25) is 4.79 Å². The third-order valence-electron chi connectivity index (χ3n) is 5.09. The van der Waals surface area contributed by atoms with Gasteiger partial charge in [0.2, 0.25) is 17.5 Å². The van der Waals surface area contributed by atoms with Gasteiger partial charge < -0.3 is 49.6 Å². The van der Waals surface area contributed by atoms with E-state index in [9.17, 15) is 45.3 Å². The topological polar surface area (TPSA) is 207 Å². The van der Waals surface area contributed by atoms with Crippen LogP contribution >= 0.6 is 0 Å². The highest BCUT2D eigenvalue weighted by Gasteiger charge is 2.48. The van der Waals surface area contributed by atoms with Gasteiger partial charge in [0.25, 0.3) is 0 Å². The fourth-order valence-corrected chi connectivity index (χ4v) is 3.44. The maximum Gasteiger partial charge on any atom is 0.335 e. The molecule has 0 aliphatic carbocycles. The first kappa shape index (κ1) is 22.4. The molecular weight excluding hydrogens is 444 g/mol. The predicted octanol–water partition coefficient (Wildman–Crippen LogP) is -0.152. The van der Waals surface area contributed by atoms with Crippen molar-refractivity contribution < 1.29 is 54.4 Å². The van der Waals surface area contributed by atoms with E-state index >= 15 is 0 Å². The molecular formula is C21H18O12. The number of phenolic OH excluding ortho intramolecular Hbond substituents is 3. The van der Waals surface area contributed by atoms with E-state index in [0.717, 1.165) is 12.1 Å². The number of aromatic hydroxyl groups is 3. The lowest BCUT2D eigenvalue weighted by Crippen LogP contribution is -2.61. The molecule has 12 nitrogen and oxygen atoms in total. The standard InChI is InChI=1S/C21H18O12/c22-8-3-1-7(2-4-8)17-18(13(25)12-10(24)5-9(23)6-11(12)31-17)32-21-16(28)14(26)15(27)19(33-21)20(29)30/h1-6,14-16,19,21-24,26-28H,(H,29,30)/t14-,15+,16-,19+,21+/m0/s1. The highest BCUT2D eigenvalue weighted by atomic mass is 16.7. The van der Waals surface area contributed by atoms with Gasteiger partial charge in [0.1, 0.15) is 46.5 Å². The van der Waals surface area contributed by atoms with E-state index in [1.165, 1.54) is 24.3 Å². The van der Waals surface area contributed by atoms with Crippen LogP contribution in [0.25, 0.3) is 22.3 Å². The average Bonchev–Trinajstić information content (AvgIpc) is 2.75. The Hall–Kier alpha value is -3.84. The molecule has 2 aromatic carbocycles. The van der Waals surface area contributed by atoms with Gasteiger partial charge in [0, 0.05) is 17.7 Å². The third-order valence-corrected chi connectivity index (χ3v) is 5.09. The number of aliphatic hydroxyl groups is 3.